The summed E-state index contributed by atoms with van der Waals surface area (Å²) >= 11 is 3.00. The zero-order valence-corrected chi connectivity index (χ0v) is 10.3. The van der Waals surface area contributed by atoms with Crippen LogP contribution in [0.25, 0.3) is 0 Å². The molecule has 0 amide bonds. The first-order chi connectivity index (χ1) is 8.08. The number of hydrogen-bond donors (Lipinski definition) is 2. The van der Waals surface area contributed by atoms with Crippen LogP contribution >= 0.6 is 15.9 Å². The SMILES string of the molecule is Nc1ccccc1Nc1cc(Br)c(F)cc1F. The lowest BCUT2D eigenvalue weighted by Crippen LogP contribution is -1.98. The van der Waals surface area contributed by atoms with Crippen LogP contribution in [-0.4, -0.2) is 0 Å². The van der Waals surface area contributed by atoms with Crippen LogP contribution < -0.4 is 11.1 Å². The summed E-state index contributed by atoms with van der Waals surface area (Å²) in [5.41, 5.74) is 6.95. The van der Waals surface area contributed by atoms with Crippen molar-refractivity contribution < 1.29 is 8.78 Å². The molecule has 2 rings (SSSR count). The van der Waals surface area contributed by atoms with Gasteiger partial charge in [0.2, 0.25) is 0 Å². The van der Waals surface area contributed by atoms with E-state index in [-0.39, 0.29) is 10.2 Å². The molecule has 5 heteroatoms. The van der Waals surface area contributed by atoms with Gasteiger partial charge in [-0.05, 0) is 34.1 Å². The zero-order chi connectivity index (χ0) is 12.4. The van der Waals surface area contributed by atoms with E-state index in [1.807, 2.05) is 0 Å². The summed E-state index contributed by atoms with van der Waals surface area (Å²) in [7, 11) is 0. The molecule has 0 heterocycles. The molecule has 0 aliphatic heterocycles. The quantitative estimate of drug-likeness (QED) is 0.648. The standard InChI is InChI=1S/C12H9BrF2N2/c13-7-5-12(9(15)6-8(7)14)17-11-4-2-1-3-10(11)16/h1-6,17H,16H2. The number of anilines is 3. The molecule has 0 aromatic heterocycles. The van der Waals surface area contributed by atoms with Crippen molar-refractivity contribution in [2.24, 2.45) is 0 Å². The van der Waals surface area contributed by atoms with Gasteiger partial charge in [0.1, 0.15) is 11.6 Å². The van der Waals surface area contributed by atoms with Crippen molar-refractivity contribution in [3.8, 4) is 0 Å². The van der Waals surface area contributed by atoms with Gasteiger partial charge in [0.25, 0.3) is 0 Å². The second-order valence-electron chi connectivity index (χ2n) is 3.46. The molecule has 0 saturated heterocycles. The average molecular weight is 299 g/mol. The Kier molecular flexibility index (Phi) is 3.28. The summed E-state index contributed by atoms with van der Waals surface area (Å²) in [6.45, 7) is 0. The maximum absolute atomic E-state index is 13.5. The molecule has 88 valence electrons. The van der Waals surface area contributed by atoms with E-state index >= 15 is 0 Å². The molecule has 2 nitrogen and oxygen atoms in total. The minimum atomic E-state index is -0.672. The van der Waals surface area contributed by atoms with Crippen molar-refractivity contribution in [3.63, 3.8) is 0 Å². The van der Waals surface area contributed by atoms with Crippen LogP contribution in [0.15, 0.2) is 40.9 Å². The molecule has 0 aliphatic carbocycles. The molecule has 0 fully saturated rings. The summed E-state index contributed by atoms with van der Waals surface area (Å²) in [5, 5.41) is 2.81. The van der Waals surface area contributed by atoms with Crippen LogP contribution in [0.4, 0.5) is 25.8 Å². The molecule has 0 unspecified atom stereocenters. The van der Waals surface area contributed by atoms with Crippen molar-refractivity contribution in [3.05, 3.63) is 52.5 Å². The third kappa shape index (κ3) is 2.55. The highest BCUT2D eigenvalue weighted by molar-refractivity contribution is 9.10. The van der Waals surface area contributed by atoms with Gasteiger partial charge in [-0.2, -0.15) is 0 Å². The Bertz CT molecular complexity index is 558. The molecular formula is C12H9BrF2N2. The first-order valence-electron chi connectivity index (χ1n) is 4.84. The first-order valence-corrected chi connectivity index (χ1v) is 5.63. The normalized spacial score (nSPS) is 10.3. The number of nitrogen functional groups attached to an aromatic ring is 1. The fourth-order valence-corrected chi connectivity index (χ4v) is 1.72. The predicted molar refractivity (Wildman–Crippen MR) is 68.2 cm³/mol. The number of nitrogens with one attached hydrogen (secondary N) is 1. The summed E-state index contributed by atoms with van der Waals surface area (Å²) < 4.78 is 26.7. The zero-order valence-electron chi connectivity index (χ0n) is 8.68. The Morgan fingerprint density at radius 1 is 1.00 bits per heavy atom. The predicted octanol–water partition coefficient (Wildman–Crippen LogP) is 4.05. The lowest BCUT2D eigenvalue weighted by molar-refractivity contribution is 0.581. The fourth-order valence-electron chi connectivity index (χ4n) is 1.37. The van der Waals surface area contributed by atoms with Gasteiger partial charge in [0.15, 0.2) is 0 Å². The molecule has 17 heavy (non-hydrogen) atoms. The van der Waals surface area contributed by atoms with Crippen molar-refractivity contribution >= 4 is 33.0 Å². The van der Waals surface area contributed by atoms with Gasteiger partial charge in [-0.25, -0.2) is 8.78 Å². The van der Waals surface area contributed by atoms with Crippen LogP contribution in [-0.2, 0) is 0 Å². The first kappa shape index (κ1) is 11.9. The summed E-state index contributed by atoms with van der Waals surface area (Å²) in [4.78, 5) is 0. The van der Waals surface area contributed by atoms with E-state index in [0.29, 0.717) is 11.4 Å². The van der Waals surface area contributed by atoms with Crippen molar-refractivity contribution in [1.29, 1.82) is 0 Å². The monoisotopic (exact) mass is 298 g/mol. The highest BCUT2D eigenvalue weighted by atomic mass is 79.9. The number of halogens is 3. The number of para-hydroxylation sites is 2. The number of benzene rings is 2. The van der Waals surface area contributed by atoms with E-state index in [9.17, 15) is 8.78 Å². The average Bonchev–Trinajstić information content (AvgIpc) is 2.29. The van der Waals surface area contributed by atoms with Crippen molar-refractivity contribution in [1.82, 2.24) is 0 Å². The number of nitrogens with two attached hydrogens (primary N) is 1. The number of rotatable bonds is 2. The maximum atomic E-state index is 13.5. The van der Waals surface area contributed by atoms with Crippen LogP contribution in [0.3, 0.4) is 0 Å². The topological polar surface area (TPSA) is 38.0 Å². The van der Waals surface area contributed by atoms with E-state index in [4.69, 9.17) is 5.73 Å². The summed E-state index contributed by atoms with van der Waals surface area (Å²) in [6, 6.07) is 9.10. The van der Waals surface area contributed by atoms with Gasteiger partial charge in [-0.15, -0.1) is 0 Å². The van der Waals surface area contributed by atoms with Crippen molar-refractivity contribution in [2.75, 3.05) is 11.1 Å². The Hall–Kier alpha value is -1.62. The second kappa shape index (κ2) is 4.71. The molecule has 0 radical (unpaired) electrons. The Labute approximate surface area is 106 Å². The van der Waals surface area contributed by atoms with Crippen LogP contribution in [0.1, 0.15) is 0 Å². The third-order valence-electron chi connectivity index (χ3n) is 2.24. The van der Waals surface area contributed by atoms with Gasteiger partial charge in [0.05, 0.1) is 21.5 Å². The molecule has 0 spiro atoms. The second-order valence-corrected chi connectivity index (χ2v) is 4.31. The summed E-state index contributed by atoms with van der Waals surface area (Å²) in [5.74, 6) is -1.32. The van der Waals surface area contributed by atoms with E-state index in [2.05, 4.69) is 21.2 Å². The molecule has 2 aromatic carbocycles. The fraction of sp³-hybridized carbons (Fsp3) is 0. The van der Waals surface area contributed by atoms with E-state index in [1.165, 1.54) is 6.07 Å². The molecule has 0 atom stereocenters. The number of hydrogen-bond acceptors (Lipinski definition) is 2. The Morgan fingerprint density at radius 2 is 1.71 bits per heavy atom. The van der Waals surface area contributed by atoms with Crippen LogP contribution in [0.2, 0.25) is 0 Å². The third-order valence-corrected chi connectivity index (χ3v) is 2.85. The highest BCUT2D eigenvalue weighted by Gasteiger charge is 2.09. The molecule has 0 saturated carbocycles. The smallest absolute Gasteiger partial charge is 0.149 e. The van der Waals surface area contributed by atoms with E-state index < -0.39 is 11.6 Å². The lowest BCUT2D eigenvalue weighted by Gasteiger charge is -2.10. The van der Waals surface area contributed by atoms with Gasteiger partial charge in [0, 0.05) is 6.07 Å². The van der Waals surface area contributed by atoms with Crippen LogP contribution in [0.5, 0.6) is 0 Å². The summed E-state index contributed by atoms with van der Waals surface area (Å²) in [6.07, 6.45) is 0. The Balaban J connectivity index is 2.37. The largest absolute Gasteiger partial charge is 0.397 e. The van der Waals surface area contributed by atoms with E-state index in [1.54, 1.807) is 24.3 Å². The van der Waals surface area contributed by atoms with Gasteiger partial charge in [-0.3, -0.25) is 0 Å². The molecular weight excluding hydrogens is 290 g/mol. The van der Waals surface area contributed by atoms with Gasteiger partial charge < -0.3 is 11.1 Å². The molecule has 2 aromatic rings. The van der Waals surface area contributed by atoms with Gasteiger partial charge >= 0.3 is 0 Å². The minimum absolute atomic E-state index is 0.163. The molecule has 0 aliphatic rings. The molecule has 3 N–H and O–H groups in total. The lowest BCUT2D eigenvalue weighted by atomic mass is 10.2. The van der Waals surface area contributed by atoms with Gasteiger partial charge in [-0.1, -0.05) is 12.1 Å². The maximum Gasteiger partial charge on any atom is 0.149 e. The minimum Gasteiger partial charge on any atom is -0.397 e. The Morgan fingerprint density at radius 3 is 2.41 bits per heavy atom. The molecule has 0 bridgehead atoms. The van der Waals surface area contributed by atoms with Crippen LogP contribution in [0, 0.1) is 11.6 Å². The van der Waals surface area contributed by atoms with E-state index in [0.717, 1.165) is 6.07 Å². The highest BCUT2D eigenvalue weighted by Crippen LogP contribution is 2.28. The van der Waals surface area contributed by atoms with Crippen molar-refractivity contribution in [2.45, 2.75) is 0 Å².